The van der Waals surface area contributed by atoms with E-state index >= 15 is 0 Å². The largest absolute Gasteiger partial charge is 0.480 e. The zero-order valence-corrected chi connectivity index (χ0v) is 10.3. The minimum absolute atomic E-state index is 0.202. The highest BCUT2D eigenvalue weighted by Gasteiger charge is 2.29. The summed E-state index contributed by atoms with van der Waals surface area (Å²) in [6, 6.07) is -0.891. The third-order valence-corrected chi connectivity index (χ3v) is 2.82. The molecule has 2 atom stereocenters. The lowest BCUT2D eigenvalue weighted by Gasteiger charge is -2.24. The van der Waals surface area contributed by atoms with E-state index in [-0.39, 0.29) is 18.1 Å². The summed E-state index contributed by atoms with van der Waals surface area (Å²) < 4.78 is 5.57. The molecule has 2 unspecified atom stereocenters. The van der Waals surface area contributed by atoms with Crippen LogP contribution in [-0.4, -0.2) is 48.3 Å². The van der Waals surface area contributed by atoms with Gasteiger partial charge in [0.1, 0.15) is 6.04 Å². The van der Waals surface area contributed by atoms with Crippen LogP contribution in [0.5, 0.6) is 0 Å². The molecule has 0 aromatic rings. The van der Waals surface area contributed by atoms with Gasteiger partial charge in [-0.1, -0.05) is 0 Å². The lowest BCUT2D eigenvalue weighted by atomic mass is 10.0. The van der Waals surface area contributed by atoms with Crippen molar-refractivity contribution in [1.82, 2.24) is 10.6 Å². The second-order valence-corrected chi connectivity index (χ2v) is 4.62. The highest BCUT2D eigenvalue weighted by atomic mass is 16.5. The molecule has 1 saturated heterocycles. The molecule has 98 valence electrons. The van der Waals surface area contributed by atoms with Crippen molar-refractivity contribution in [2.24, 2.45) is 0 Å². The molecule has 1 heterocycles. The van der Waals surface area contributed by atoms with E-state index in [4.69, 9.17) is 9.84 Å². The van der Waals surface area contributed by atoms with E-state index in [2.05, 4.69) is 10.6 Å². The summed E-state index contributed by atoms with van der Waals surface area (Å²) in [5, 5.41) is 14.3. The predicted octanol–water partition coefficient (Wildman–Crippen LogP) is -0.266. The molecule has 1 fully saturated rings. The molecule has 0 aromatic carbocycles. The lowest BCUT2D eigenvalue weighted by molar-refractivity contribution is -0.141. The maximum atomic E-state index is 10.9. The van der Waals surface area contributed by atoms with Crippen LogP contribution < -0.4 is 10.6 Å². The number of amides is 1. The van der Waals surface area contributed by atoms with Crippen molar-refractivity contribution >= 4 is 11.9 Å². The van der Waals surface area contributed by atoms with Gasteiger partial charge in [0.25, 0.3) is 0 Å². The van der Waals surface area contributed by atoms with Gasteiger partial charge in [0, 0.05) is 26.6 Å². The van der Waals surface area contributed by atoms with E-state index in [0.29, 0.717) is 6.54 Å². The van der Waals surface area contributed by atoms with Crippen molar-refractivity contribution in [3.05, 3.63) is 0 Å². The highest BCUT2D eigenvalue weighted by molar-refractivity contribution is 5.82. The molecule has 6 nitrogen and oxygen atoms in total. The molecule has 6 heteroatoms. The predicted molar refractivity (Wildman–Crippen MR) is 61.7 cm³/mol. The topological polar surface area (TPSA) is 87.7 Å². The summed E-state index contributed by atoms with van der Waals surface area (Å²) in [6.45, 7) is 4.86. The minimum atomic E-state index is -1.04. The Labute approximate surface area is 101 Å². The van der Waals surface area contributed by atoms with Gasteiger partial charge in [-0.15, -0.1) is 0 Å². The van der Waals surface area contributed by atoms with Crippen molar-refractivity contribution in [2.45, 2.75) is 38.3 Å². The average molecular weight is 244 g/mol. The molecule has 0 bridgehead atoms. The zero-order chi connectivity index (χ0) is 12.9. The van der Waals surface area contributed by atoms with Crippen LogP contribution in [-0.2, 0) is 14.3 Å². The molecule has 0 aromatic heterocycles. The van der Waals surface area contributed by atoms with Crippen LogP contribution >= 0.6 is 0 Å². The van der Waals surface area contributed by atoms with E-state index in [1.54, 1.807) is 0 Å². The monoisotopic (exact) mass is 244 g/mol. The van der Waals surface area contributed by atoms with E-state index in [9.17, 15) is 9.59 Å². The summed E-state index contributed by atoms with van der Waals surface area (Å²) in [6.07, 6.45) is 2.00. The second kappa shape index (κ2) is 5.97. The number of carbonyl (C=O) groups is 2. The van der Waals surface area contributed by atoms with Crippen molar-refractivity contribution < 1.29 is 19.4 Å². The quantitative estimate of drug-likeness (QED) is 0.599. The standard InChI is InChI=1S/C11H20N2O4/c1-8(14)13-9(10(15)16)6-12-7-11(2)4-3-5-17-11/h9,12H,3-7H2,1-2H3,(H,13,14)(H,15,16). The van der Waals surface area contributed by atoms with Crippen molar-refractivity contribution in [3.8, 4) is 0 Å². The van der Waals surface area contributed by atoms with Gasteiger partial charge < -0.3 is 20.5 Å². The summed E-state index contributed by atoms with van der Waals surface area (Å²) in [7, 11) is 0. The Morgan fingerprint density at radius 2 is 2.24 bits per heavy atom. The van der Waals surface area contributed by atoms with Gasteiger partial charge >= 0.3 is 5.97 Å². The first-order chi connectivity index (χ1) is 7.93. The van der Waals surface area contributed by atoms with Gasteiger partial charge in [0.15, 0.2) is 0 Å². The van der Waals surface area contributed by atoms with Crippen LogP contribution in [0.3, 0.4) is 0 Å². The Bertz CT molecular complexity index is 287. The smallest absolute Gasteiger partial charge is 0.327 e. The first-order valence-electron chi connectivity index (χ1n) is 5.77. The van der Waals surface area contributed by atoms with Crippen molar-refractivity contribution in [2.75, 3.05) is 19.7 Å². The molecule has 0 aliphatic carbocycles. The summed E-state index contributed by atoms with van der Waals surface area (Å²) >= 11 is 0. The van der Waals surface area contributed by atoms with Crippen LogP contribution in [0.25, 0.3) is 0 Å². The fraction of sp³-hybridized carbons (Fsp3) is 0.818. The third kappa shape index (κ3) is 4.70. The minimum Gasteiger partial charge on any atom is -0.480 e. The Morgan fingerprint density at radius 1 is 1.53 bits per heavy atom. The number of hydrogen-bond donors (Lipinski definition) is 3. The first-order valence-corrected chi connectivity index (χ1v) is 5.77. The van der Waals surface area contributed by atoms with E-state index in [1.807, 2.05) is 6.92 Å². The molecule has 3 N–H and O–H groups in total. The number of aliphatic carboxylic acids is 1. The normalized spacial score (nSPS) is 25.5. The molecule has 1 amide bonds. The molecule has 1 aliphatic heterocycles. The summed E-state index contributed by atoms with van der Waals surface area (Å²) in [4.78, 5) is 21.7. The average Bonchev–Trinajstić information content (AvgIpc) is 2.63. The Hall–Kier alpha value is -1.14. The number of carboxylic acid groups (broad SMARTS) is 1. The van der Waals surface area contributed by atoms with Crippen LogP contribution in [0.2, 0.25) is 0 Å². The van der Waals surface area contributed by atoms with Crippen LogP contribution in [0.4, 0.5) is 0 Å². The highest BCUT2D eigenvalue weighted by Crippen LogP contribution is 2.23. The number of ether oxygens (including phenoxy) is 1. The van der Waals surface area contributed by atoms with Gasteiger partial charge in [0.2, 0.25) is 5.91 Å². The maximum absolute atomic E-state index is 10.9. The fourth-order valence-electron chi connectivity index (χ4n) is 1.90. The van der Waals surface area contributed by atoms with E-state index in [1.165, 1.54) is 6.92 Å². The molecular formula is C11H20N2O4. The summed E-state index contributed by atoms with van der Waals surface area (Å²) in [5.74, 6) is -1.38. The van der Waals surface area contributed by atoms with Gasteiger partial charge in [-0.2, -0.15) is 0 Å². The van der Waals surface area contributed by atoms with Gasteiger partial charge in [0.05, 0.1) is 5.60 Å². The molecular weight excluding hydrogens is 224 g/mol. The maximum Gasteiger partial charge on any atom is 0.327 e. The number of rotatable bonds is 6. The number of hydrogen-bond acceptors (Lipinski definition) is 4. The number of carboxylic acids is 1. The Balaban J connectivity index is 2.31. The SMILES string of the molecule is CC(=O)NC(CNCC1(C)CCCO1)C(=O)O. The van der Waals surface area contributed by atoms with Gasteiger partial charge in [-0.05, 0) is 19.8 Å². The van der Waals surface area contributed by atoms with E-state index < -0.39 is 12.0 Å². The molecule has 17 heavy (non-hydrogen) atoms. The molecule has 1 aliphatic rings. The number of carbonyl (C=O) groups excluding carboxylic acids is 1. The molecule has 0 radical (unpaired) electrons. The first kappa shape index (κ1) is 13.9. The van der Waals surface area contributed by atoms with Gasteiger partial charge in [-0.3, -0.25) is 4.79 Å². The molecule has 1 rings (SSSR count). The lowest BCUT2D eigenvalue weighted by Crippen LogP contribution is -2.49. The van der Waals surface area contributed by atoms with Crippen molar-refractivity contribution in [1.29, 1.82) is 0 Å². The van der Waals surface area contributed by atoms with Crippen LogP contribution in [0.1, 0.15) is 26.7 Å². The fourth-order valence-corrected chi connectivity index (χ4v) is 1.90. The van der Waals surface area contributed by atoms with Crippen molar-refractivity contribution in [3.63, 3.8) is 0 Å². The summed E-state index contributed by atoms with van der Waals surface area (Å²) in [5.41, 5.74) is -0.209. The Morgan fingerprint density at radius 3 is 2.71 bits per heavy atom. The second-order valence-electron chi connectivity index (χ2n) is 4.62. The third-order valence-electron chi connectivity index (χ3n) is 2.82. The van der Waals surface area contributed by atoms with Gasteiger partial charge in [-0.25, -0.2) is 4.79 Å². The Kier molecular flexibility index (Phi) is 4.89. The zero-order valence-electron chi connectivity index (χ0n) is 10.3. The van der Waals surface area contributed by atoms with Crippen LogP contribution in [0.15, 0.2) is 0 Å². The number of nitrogens with one attached hydrogen (secondary N) is 2. The van der Waals surface area contributed by atoms with Crippen LogP contribution in [0, 0.1) is 0 Å². The molecule has 0 spiro atoms. The molecule has 0 saturated carbocycles. The van der Waals surface area contributed by atoms with E-state index in [0.717, 1.165) is 19.4 Å².